The third kappa shape index (κ3) is 3.39. The van der Waals surface area contributed by atoms with Crippen molar-refractivity contribution in [3.05, 3.63) is 47.2 Å². The second-order valence-electron chi connectivity index (χ2n) is 5.27. The Hall–Kier alpha value is -3.10. The number of pyridine rings is 1. The van der Waals surface area contributed by atoms with Crippen molar-refractivity contribution in [2.24, 2.45) is 0 Å². The molecule has 1 aromatic heterocycles. The molecule has 1 aliphatic heterocycles. The first-order valence-electron chi connectivity index (χ1n) is 7.10. The number of carboxylic acids is 1. The number of carbonyl (C=O) groups excluding carboxylic acids is 1. The number of halogens is 3. The summed E-state index contributed by atoms with van der Waals surface area (Å²) in [7, 11) is 0. The molecule has 0 saturated carbocycles. The third-order valence-corrected chi connectivity index (χ3v) is 3.55. The summed E-state index contributed by atoms with van der Waals surface area (Å²) in [5, 5.41) is 11.7. The van der Waals surface area contributed by atoms with Crippen molar-refractivity contribution in [3.63, 3.8) is 0 Å². The smallest absolute Gasteiger partial charge is 0.422 e. The number of aromatic carboxylic acids is 1. The molecule has 3 rings (SSSR count). The van der Waals surface area contributed by atoms with Gasteiger partial charge in [0.15, 0.2) is 6.61 Å². The molecule has 0 fully saturated rings. The van der Waals surface area contributed by atoms with Crippen LogP contribution < -0.4 is 10.1 Å². The summed E-state index contributed by atoms with van der Waals surface area (Å²) >= 11 is 0. The van der Waals surface area contributed by atoms with Crippen molar-refractivity contribution in [2.45, 2.75) is 12.7 Å². The average molecular weight is 352 g/mol. The van der Waals surface area contributed by atoms with Crippen molar-refractivity contribution in [2.75, 3.05) is 6.61 Å². The van der Waals surface area contributed by atoms with E-state index in [1.807, 2.05) is 0 Å². The van der Waals surface area contributed by atoms with Gasteiger partial charge >= 0.3 is 12.1 Å². The van der Waals surface area contributed by atoms with E-state index < -0.39 is 24.7 Å². The fraction of sp³-hybridized carbons (Fsp3) is 0.188. The zero-order valence-electron chi connectivity index (χ0n) is 12.6. The molecule has 6 nitrogen and oxygen atoms in total. The van der Waals surface area contributed by atoms with Crippen molar-refractivity contribution in [1.29, 1.82) is 0 Å². The Morgan fingerprint density at radius 1 is 1.28 bits per heavy atom. The zero-order chi connectivity index (χ0) is 18.2. The number of fused-ring (bicyclic) bond motifs is 1. The minimum absolute atomic E-state index is 0.101. The molecule has 0 radical (unpaired) electrons. The fourth-order valence-electron chi connectivity index (χ4n) is 2.50. The summed E-state index contributed by atoms with van der Waals surface area (Å²) < 4.78 is 42.2. The van der Waals surface area contributed by atoms with Crippen molar-refractivity contribution >= 4 is 11.9 Å². The molecule has 25 heavy (non-hydrogen) atoms. The van der Waals surface area contributed by atoms with E-state index in [-0.39, 0.29) is 34.8 Å². The lowest BCUT2D eigenvalue weighted by atomic mass is 10.0. The number of carbonyl (C=O) groups is 2. The van der Waals surface area contributed by atoms with Crippen LogP contribution >= 0.6 is 0 Å². The fourth-order valence-corrected chi connectivity index (χ4v) is 2.50. The van der Waals surface area contributed by atoms with Gasteiger partial charge in [0, 0.05) is 23.2 Å². The standard InChI is InChI=1S/C16H11F3N2O4/c17-16(18,19)7-25-12-4-2-1-3-8(12)13-10-6-20-14(22)9(10)5-11(21-13)15(23)24/h1-5H,6-7H2,(H,20,22)(H,23,24). The minimum Gasteiger partial charge on any atom is -0.483 e. The van der Waals surface area contributed by atoms with E-state index in [2.05, 4.69) is 10.3 Å². The maximum absolute atomic E-state index is 12.4. The van der Waals surface area contributed by atoms with Gasteiger partial charge in [-0.1, -0.05) is 12.1 Å². The van der Waals surface area contributed by atoms with E-state index >= 15 is 0 Å². The van der Waals surface area contributed by atoms with E-state index in [0.29, 0.717) is 5.56 Å². The van der Waals surface area contributed by atoms with Gasteiger partial charge in [-0.15, -0.1) is 0 Å². The van der Waals surface area contributed by atoms with Crippen molar-refractivity contribution in [1.82, 2.24) is 10.3 Å². The average Bonchev–Trinajstić information content (AvgIpc) is 2.93. The predicted octanol–water partition coefficient (Wildman–Crippen LogP) is 2.63. The number of aromatic nitrogens is 1. The van der Waals surface area contributed by atoms with Crippen LogP contribution in [0.25, 0.3) is 11.3 Å². The SMILES string of the molecule is O=C(O)c1cc2c(c(-c3ccccc3OCC(F)(F)F)n1)CNC2=O. The second kappa shape index (κ2) is 6.08. The molecular formula is C16H11F3N2O4. The first-order chi connectivity index (χ1) is 11.8. The van der Waals surface area contributed by atoms with Gasteiger partial charge in [0.25, 0.3) is 5.91 Å². The molecule has 2 aromatic rings. The van der Waals surface area contributed by atoms with Gasteiger partial charge in [-0.25, -0.2) is 9.78 Å². The summed E-state index contributed by atoms with van der Waals surface area (Å²) in [5.41, 5.74) is 0.455. The summed E-state index contributed by atoms with van der Waals surface area (Å²) in [6.07, 6.45) is -4.52. The van der Waals surface area contributed by atoms with Crippen molar-refractivity contribution in [3.8, 4) is 17.0 Å². The highest BCUT2D eigenvalue weighted by Crippen LogP contribution is 2.35. The summed E-state index contributed by atoms with van der Waals surface area (Å²) in [6, 6.07) is 6.97. The normalized spacial score (nSPS) is 13.3. The summed E-state index contributed by atoms with van der Waals surface area (Å²) in [4.78, 5) is 27.1. The van der Waals surface area contributed by atoms with E-state index in [1.54, 1.807) is 6.07 Å². The second-order valence-corrected chi connectivity index (χ2v) is 5.27. The van der Waals surface area contributed by atoms with Crippen LogP contribution in [0.1, 0.15) is 26.4 Å². The summed E-state index contributed by atoms with van der Waals surface area (Å²) in [6.45, 7) is -1.40. The summed E-state index contributed by atoms with van der Waals surface area (Å²) in [5.74, 6) is -1.91. The molecule has 130 valence electrons. The lowest BCUT2D eigenvalue weighted by molar-refractivity contribution is -0.153. The quantitative estimate of drug-likeness (QED) is 0.883. The van der Waals surface area contributed by atoms with Gasteiger partial charge in [0.1, 0.15) is 11.4 Å². The molecular weight excluding hydrogens is 341 g/mol. The van der Waals surface area contributed by atoms with E-state index in [9.17, 15) is 27.9 Å². The van der Waals surface area contributed by atoms with Crippen LogP contribution in [0.15, 0.2) is 30.3 Å². The van der Waals surface area contributed by atoms with Crippen LogP contribution in [0.2, 0.25) is 0 Å². The number of amides is 1. The number of hydrogen-bond donors (Lipinski definition) is 2. The number of para-hydroxylation sites is 1. The van der Waals surface area contributed by atoms with Gasteiger partial charge in [0.2, 0.25) is 0 Å². The molecule has 1 aromatic carbocycles. The Balaban J connectivity index is 2.13. The number of carboxylic acid groups (broad SMARTS) is 1. The van der Waals surface area contributed by atoms with E-state index in [0.717, 1.165) is 6.07 Å². The Kier molecular flexibility index (Phi) is 4.07. The Labute approximate surface area is 139 Å². The lowest BCUT2D eigenvalue weighted by Crippen LogP contribution is -2.19. The molecule has 2 heterocycles. The molecule has 2 N–H and O–H groups in total. The molecule has 0 spiro atoms. The van der Waals surface area contributed by atoms with Gasteiger partial charge in [-0.05, 0) is 18.2 Å². The van der Waals surface area contributed by atoms with Crippen LogP contribution in [0.4, 0.5) is 13.2 Å². The highest BCUT2D eigenvalue weighted by molar-refractivity contribution is 6.02. The number of rotatable bonds is 4. The maximum Gasteiger partial charge on any atom is 0.422 e. The number of ether oxygens (including phenoxy) is 1. The number of hydrogen-bond acceptors (Lipinski definition) is 4. The van der Waals surface area contributed by atoms with Crippen LogP contribution in [-0.4, -0.2) is 34.8 Å². The predicted molar refractivity (Wildman–Crippen MR) is 79.4 cm³/mol. The van der Waals surface area contributed by atoms with Gasteiger partial charge in [-0.2, -0.15) is 13.2 Å². The van der Waals surface area contributed by atoms with Gasteiger partial charge in [-0.3, -0.25) is 4.79 Å². The zero-order valence-corrected chi connectivity index (χ0v) is 12.6. The van der Waals surface area contributed by atoms with E-state index in [4.69, 9.17) is 4.74 Å². The number of nitrogens with one attached hydrogen (secondary N) is 1. The number of nitrogens with zero attached hydrogens (tertiary/aromatic N) is 1. The van der Waals surface area contributed by atoms with Crippen LogP contribution in [0, 0.1) is 0 Å². The van der Waals surface area contributed by atoms with Gasteiger partial charge in [0.05, 0.1) is 5.69 Å². The largest absolute Gasteiger partial charge is 0.483 e. The lowest BCUT2D eigenvalue weighted by Gasteiger charge is -2.14. The molecule has 9 heteroatoms. The third-order valence-electron chi connectivity index (χ3n) is 3.55. The highest BCUT2D eigenvalue weighted by Gasteiger charge is 2.30. The van der Waals surface area contributed by atoms with Crippen molar-refractivity contribution < 1.29 is 32.6 Å². The van der Waals surface area contributed by atoms with E-state index in [1.165, 1.54) is 18.2 Å². The van der Waals surface area contributed by atoms with Crippen LogP contribution in [0.5, 0.6) is 5.75 Å². The first-order valence-corrected chi connectivity index (χ1v) is 7.10. The molecule has 1 aliphatic rings. The van der Waals surface area contributed by atoms with Gasteiger partial charge < -0.3 is 15.2 Å². The molecule has 0 aliphatic carbocycles. The Bertz CT molecular complexity index is 865. The first kappa shape index (κ1) is 16.7. The maximum atomic E-state index is 12.4. The molecule has 0 unspecified atom stereocenters. The number of alkyl halides is 3. The molecule has 0 saturated heterocycles. The molecule has 0 atom stereocenters. The topological polar surface area (TPSA) is 88.5 Å². The highest BCUT2D eigenvalue weighted by atomic mass is 19.4. The monoisotopic (exact) mass is 352 g/mol. The molecule has 1 amide bonds. The Morgan fingerprint density at radius 3 is 2.68 bits per heavy atom. The minimum atomic E-state index is -4.52. The Morgan fingerprint density at radius 2 is 2.00 bits per heavy atom. The number of benzene rings is 1. The van der Waals surface area contributed by atoms with Crippen LogP contribution in [0.3, 0.4) is 0 Å². The van der Waals surface area contributed by atoms with Crippen LogP contribution in [-0.2, 0) is 6.54 Å². The molecule has 0 bridgehead atoms.